The van der Waals surface area contributed by atoms with Gasteiger partial charge in [0.05, 0.1) is 35.7 Å². The molecule has 0 saturated carbocycles. The first-order chi connectivity index (χ1) is 12.1. The van der Waals surface area contributed by atoms with Crippen LogP contribution < -0.4 is 0 Å². The van der Waals surface area contributed by atoms with Gasteiger partial charge in [0.15, 0.2) is 0 Å². The molecule has 1 fully saturated rings. The summed E-state index contributed by atoms with van der Waals surface area (Å²) >= 11 is 0. The van der Waals surface area contributed by atoms with Gasteiger partial charge in [-0.05, 0) is 50.8 Å². The van der Waals surface area contributed by atoms with Crippen LogP contribution in [0.15, 0.2) is 30.6 Å². The van der Waals surface area contributed by atoms with Gasteiger partial charge in [0.2, 0.25) is 5.91 Å². The molecule has 3 aromatic rings. The molecule has 6 heteroatoms. The van der Waals surface area contributed by atoms with Crippen molar-refractivity contribution in [3.63, 3.8) is 0 Å². The van der Waals surface area contributed by atoms with Crippen LogP contribution in [-0.4, -0.2) is 36.9 Å². The van der Waals surface area contributed by atoms with E-state index in [-0.39, 0.29) is 11.9 Å². The number of imidazole rings is 1. The Morgan fingerprint density at radius 3 is 3.00 bits per heavy atom. The van der Waals surface area contributed by atoms with Crippen molar-refractivity contribution in [2.24, 2.45) is 0 Å². The topological polar surface area (TPSA) is 66.3 Å². The molecule has 4 heterocycles. The van der Waals surface area contributed by atoms with Crippen molar-refractivity contribution in [1.29, 1.82) is 0 Å². The lowest BCUT2D eigenvalue weighted by Gasteiger charge is -2.35. The third-order valence-corrected chi connectivity index (χ3v) is 5.17. The number of piperidine rings is 1. The van der Waals surface area contributed by atoms with Crippen LogP contribution in [0.2, 0.25) is 0 Å². The molecule has 0 unspecified atom stereocenters. The van der Waals surface area contributed by atoms with Crippen LogP contribution in [0.1, 0.15) is 47.9 Å². The minimum absolute atomic E-state index is 0.100. The van der Waals surface area contributed by atoms with Gasteiger partial charge in [0.1, 0.15) is 5.65 Å². The quantitative estimate of drug-likeness (QED) is 0.799. The molecule has 130 valence electrons. The van der Waals surface area contributed by atoms with E-state index in [1.54, 1.807) is 0 Å². The predicted octanol–water partition coefficient (Wildman–Crippen LogP) is 2.97. The van der Waals surface area contributed by atoms with Crippen molar-refractivity contribution < 1.29 is 4.79 Å². The largest absolute Gasteiger partial charge is 0.334 e. The predicted molar refractivity (Wildman–Crippen MR) is 95.3 cm³/mol. The number of likely N-dealkylation sites (tertiary alicyclic amines) is 1. The van der Waals surface area contributed by atoms with E-state index in [9.17, 15) is 4.79 Å². The van der Waals surface area contributed by atoms with E-state index in [0.29, 0.717) is 6.42 Å². The standard InChI is InChI=1S/C19H23N5O/c1-13-12-20-22-19(13)15-7-3-5-10-24(15)18(25)11-16-14(2)21-17-8-4-6-9-23(16)17/h4,6,8-9,12,15H,3,5,7,10-11H2,1-2H3,(H,20,22)/t15-/m1/s1. The van der Waals surface area contributed by atoms with E-state index in [4.69, 9.17) is 0 Å². The van der Waals surface area contributed by atoms with Gasteiger partial charge in [-0.15, -0.1) is 0 Å². The Morgan fingerprint density at radius 1 is 1.32 bits per heavy atom. The van der Waals surface area contributed by atoms with Gasteiger partial charge in [-0.25, -0.2) is 4.98 Å². The highest BCUT2D eigenvalue weighted by molar-refractivity contribution is 5.79. The van der Waals surface area contributed by atoms with E-state index in [1.165, 1.54) is 0 Å². The van der Waals surface area contributed by atoms with Gasteiger partial charge in [-0.3, -0.25) is 9.89 Å². The maximum absolute atomic E-state index is 13.1. The molecule has 1 saturated heterocycles. The van der Waals surface area contributed by atoms with Crippen LogP contribution in [0.25, 0.3) is 5.65 Å². The van der Waals surface area contributed by atoms with Gasteiger partial charge in [-0.1, -0.05) is 6.07 Å². The van der Waals surface area contributed by atoms with Crippen molar-refractivity contribution in [2.75, 3.05) is 6.54 Å². The zero-order valence-corrected chi connectivity index (χ0v) is 14.7. The lowest BCUT2D eigenvalue weighted by Crippen LogP contribution is -2.40. The number of aromatic amines is 1. The third-order valence-electron chi connectivity index (χ3n) is 5.17. The van der Waals surface area contributed by atoms with Crippen LogP contribution in [0.4, 0.5) is 0 Å². The summed E-state index contributed by atoms with van der Waals surface area (Å²) in [4.78, 5) is 19.7. The number of carbonyl (C=O) groups is 1. The second-order valence-electron chi connectivity index (χ2n) is 6.81. The van der Waals surface area contributed by atoms with Crippen LogP contribution in [0.5, 0.6) is 0 Å². The number of nitrogens with one attached hydrogen (secondary N) is 1. The van der Waals surface area contributed by atoms with E-state index < -0.39 is 0 Å². The summed E-state index contributed by atoms with van der Waals surface area (Å²) in [6.45, 7) is 4.82. The third kappa shape index (κ3) is 2.81. The Hall–Kier alpha value is -2.63. The fraction of sp³-hybridized carbons (Fsp3) is 0.421. The number of fused-ring (bicyclic) bond motifs is 1. The summed E-state index contributed by atoms with van der Waals surface area (Å²) in [5.41, 5.74) is 4.98. The van der Waals surface area contributed by atoms with E-state index in [2.05, 4.69) is 15.2 Å². The Labute approximate surface area is 146 Å². The molecule has 1 atom stereocenters. The van der Waals surface area contributed by atoms with Crippen LogP contribution >= 0.6 is 0 Å². The van der Waals surface area contributed by atoms with Gasteiger partial charge >= 0.3 is 0 Å². The number of nitrogens with zero attached hydrogens (tertiary/aromatic N) is 4. The second kappa shape index (κ2) is 6.35. The van der Waals surface area contributed by atoms with E-state index in [0.717, 1.165) is 54.1 Å². The van der Waals surface area contributed by atoms with Gasteiger partial charge in [-0.2, -0.15) is 5.10 Å². The molecule has 25 heavy (non-hydrogen) atoms. The number of H-pyrrole nitrogens is 1. The van der Waals surface area contributed by atoms with Crippen LogP contribution in [0, 0.1) is 13.8 Å². The number of aromatic nitrogens is 4. The van der Waals surface area contributed by atoms with E-state index in [1.807, 2.05) is 53.7 Å². The molecule has 0 spiro atoms. The van der Waals surface area contributed by atoms with Gasteiger partial charge in [0.25, 0.3) is 0 Å². The lowest BCUT2D eigenvalue weighted by atomic mass is 9.97. The molecule has 0 aromatic carbocycles. The fourth-order valence-corrected chi connectivity index (χ4v) is 3.85. The second-order valence-corrected chi connectivity index (χ2v) is 6.81. The van der Waals surface area contributed by atoms with Crippen molar-refractivity contribution in [1.82, 2.24) is 24.5 Å². The summed E-state index contributed by atoms with van der Waals surface area (Å²) < 4.78 is 2.02. The average molecular weight is 337 g/mol. The molecule has 0 bridgehead atoms. The number of carbonyl (C=O) groups excluding carboxylic acids is 1. The molecule has 1 aliphatic heterocycles. The number of hydrogen-bond donors (Lipinski definition) is 1. The van der Waals surface area contributed by atoms with Crippen LogP contribution in [0.3, 0.4) is 0 Å². The summed E-state index contributed by atoms with van der Waals surface area (Å²) in [6, 6.07) is 6.01. The minimum Gasteiger partial charge on any atom is -0.334 e. The van der Waals surface area contributed by atoms with Crippen LogP contribution in [-0.2, 0) is 11.2 Å². The molecule has 1 aliphatic rings. The maximum Gasteiger partial charge on any atom is 0.229 e. The molecule has 1 amide bonds. The fourth-order valence-electron chi connectivity index (χ4n) is 3.85. The lowest BCUT2D eigenvalue weighted by molar-refractivity contribution is -0.134. The van der Waals surface area contributed by atoms with Crippen molar-refractivity contribution in [3.05, 3.63) is 53.2 Å². The van der Waals surface area contributed by atoms with Gasteiger partial charge in [0, 0.05) is 12.7 Å². The first-order valence-electron chi connectivity index (χ1n) is 8.87. The number of amides is 1. The Balaban J connectivity index is 1.62. The normalized spacial score (nSPS) is 18.0. The number of pyridine rings is 1. The minimum atomic E-state index is 0.100. The monoisotopic (exact) mass is 337 g/mol. The molecule has 0 aliphatic carbocycles. The first kappa shape index (κ1) is 15.9. The zero-order valence-electron chi connectivity index (χ0n) is 14.7. The smallest absolute Gasteiger partial charge is 0.229 e. The Bertz CT molecular complexity index is 910. The number of aryl methyl sites for hydroxylation is 2. The Kier molecular flexibility index (Phi) is 4.03. The molecule has 6 nitrogen and oxygen atoms in total. The van der Waals surface area contributed by atoms with Crippen molar-refractivity contribution >= 4 is 11.6 Å². The zero-order chi connectivity index (χ0) is 17.4. The van der Waals surface area contributed by atoms with Crippen molar-refractivity contribution in [2.45, 2.75) is 45.6 Å². The molecule has 1 N–H and O–H groups in total. The number of hydrogen-bond acceptors (Lipinski definition) is 3. The summed E-state index contributed by atoms with van der Waals surface area (Å²) in [6.07, 6.45) is 7.37. The summed E-state index contributed by atoms with van der Waals surface area (Å²) in [5, 5.41) is 7.24. The molecule has 4 rings (SSSR count). The molecule has 0 radical (unpaired) electrons. The van der Waals surface area contributed by atoms with Crippen molar-refractivity contribution in [3.8, 4) is 0 Å². The molecule has 3 aromatic heterocycles. The maximum atomic E-state index is 13.1. The first-order valence-corrected chi connectivity index (χ1v) is 8.87. The summed E-state index contributed by atoms with van der Waals surface area (Å²) in [5.74, 6) is 0.160. The SMILES string of the molecule is Cc1cn[nH]c1[C@H]1CCCCN1C(=O)Cc1c(C)nc2ccccn12. The molecular formula is C19H23N5O. The summed E-state index contributed by atoms with van der Waals surface area (Å²) in [7, 11) is 0. The highest BCUT2D eigenvalue weighted by Crippen LogP contribution is 2.32. The Morgan fingerprint density at radius 2 is 2.20 bits per heavy atom. The van der Waals surface area contributed by atoms with Gasteiger partial charge < -0.3 is 9.30 Å². The highest BCUT2D eigenvalue weighted by atomic mass is 16.2. The highest BCUT2D eigenvalue weighted by Gasteiger charge is 2.30. The average Bonchev–Trinajstić information content (AvgIpc) is 3.18. The number of rotatable bonds is 3. The van der Waals surface area contributed by atoms with E-state index >= 15 is 0 Å². The molecular weight excluding hydrogens is 314 g/mol.